The summed E-state index contributed by atoms with van der Waals surface area (Å²) >= 11 is 0. The van der Waals surface area contributed by atoms with Crippen LogP contribution in [0.1, 0.15) is 38.5 Å². The summed E-state index contributed by atoms with van der Waals surface area (Å²) in [6.45, 7) is 0.329. The molecular formula is C23H30F2O6. The molecule has 8 heteroatoms. The Bertz CT molecular complexity index is 770. The summed E-state index contributed by atoms with van der Waals surface area (Å²) in [6, 6.07) is 2.87. The summed E-state index contributed by atoms with van der Waals surface area (Å²) in [7, 11) is 0. The molecule has 3 rings (SSSR count). The van der Waals surface area contributed by atoms with Gasteiger partial charge >= 0.3 is 5.97 Å². The van der Waals surface area contributed by atoms with Gasteiger partial charge in [0.1, 0.15) is 18.5 Å². The number of hydrogen-bond acceptors (Lipinski definition) is 5. The Kier molecular flexibility index (Phi) is 8.40. The van der Waals surface area contributed by atoms with Crippen molar-refractivity contribution in [2.75, 3.05) is 13.2 Å². The minimum Gasteiger partial charge on any atom is -0.487 e. The van der Waals surface area contributed by atoms with Crippen LogP contribution in [0.4, 0.5) is 8.78 Å². The van der Waals surface area contributed by atoms with Crippen LogP contribution < -0.4 is 4.74 Å². The first-order valence-corrected chi connectivity index (χ1v) is 10.8. The van der Waals surface area contributed by atoms with Gasteiger partial charge in [0.05, 0.1) is 12.2 Å². The van der Waals surface area contributed by atoms with E-state index in [9.17, 15) is 23.8 Å². The van der Waals surface area contributed by atoms with Gasteiger partial charge in [-0.1, -0.05) is 12.2 Å². The Hall–Kier alpha value is -2.03. The molecule has 1 heterocycles. The van der Waals surface area contributed by atoms with Crippen LogP contribution in [0.15, 0.2) is 30.4 Å². The van der Waals surface area contributed by atoms with Gasteiger partial charge < -0.3 is 24.8 Å². The lowest BCUT2D eigenvalue weighted by Crippen LogP contribution is -2.22. The maximum atomic E-state index is 13.6. The van der Waals surface area contributed by atoms with Gasteiger partial charge in [-0.3, -0.25) is 4.79 Å². The van der Waals surface area contributed by atoms with E-state index in [1.807, 2.05) is 0 Å². The van der Waals surface area contributed by atoms with Gasteiger partial charge in [-0.05, 0) is 49.7 Å². The number of benzene rings is 1. The molecule has 1 saturated carbocycles. The van der Waals surface area contributed by atoms with E-state index in [2.05, 4.69) is 0 Å². The molecule has 2 aliphatic rings. The number of halogens is 2. The summed E-state index contributed by atoms with van der Waals surface area (Å²) in [4.78, 5) is 10.7. The molecule has 0 bridgehead atoms. The monoisotopic (exact) mass is 440 g/mol. The smallest absolute Gasteiger partial charge is 0.303 e. The van der Waals surface area contributed by atoms with Crippen LogP contribution in [0.3, 0.4) is 0 Å². The molecule has 31 heavy (non-hydrogen) atoms. The van der Waals surface area contributed by atoms with Crippen LogP contribution in [0.25, 0.3) is 0 Å². The molecule has 0 radical (unpaired) electrons. The second kappa shape index (κ2) is 11.0. The lowest BCUT2D eigenvalue weighted by molar-refractivity contribution is -0.137. The van der Waals surface area contributed by atoms with Gasteiger partial charge in [-0.15, -0.1) is 0 Å². The van der Waals surface area contributed by atoms with Gasteiger partial charge in [-0.25, -0.2) is 8.78 Å². The zero-order chi connectivity index (χ0) is 22.4. The SMILES string of the molecule is O=C(O)CCCC1CC[C@@H]2[C@@H](/C=C/[C@@H](O)COc3cc(F)ccc3F)[C@H](O)C[C@H]2OC1. The maximum absolute atomic E-state index is 13.6. The predicted molar refractivity (Wildman–Crippen MR) is 109 cm³/mol. The highest BCUT2D eigenvalue weighted by Crippen LogP contribution is 2.42. The summed E-state index contributed by atoms with van der Waals surface area (Å²) in [5.74, 6) is -2.14. The number of aliphatic carboxylic acids is 1. The number of carboxylic acid groups (broad SMARTS) is 1. The first-order valence-electron chi connectivity index (χ1n) is 10.8. The van der Waals surface area contributed by atoms with E-state index in [1.165, 1.54) is 6.08 Å². The lowest BCUT2D eigenvalue weighted by atomic mass is 9.86. The number of carboxylic acids is 1. The molecule has 1 aliphatic carbocycles. The average molecular weight is 440 g/mol. The van der Waals surface area contributed by atoms with E-state index in [4.69, 9.17) is 14.6 Å². The predicted octanol–water partition coefficient (Wildman–Crippen LogP) is 3.31. The molecule has 0 spiro atoms. The normalized spacial score (nSPS) is 29.5. The van der Waals surface area contributed by atoms with Gasteiger partial charge in [0.15, 0.2) is 11.6 Å². The minimum atomic E-state index is -1.04. The summed E-state index contributed by atoms with van der Waals surface area (Å²) in [6.07, 6.45) is 5.47. The van der Waals surface area contributed by atoms with Crippen molar-refractivity contribution >= 4 is 5.97 Å². The third-order valence-electron chi connectivity index (χ3n) is 6.21. The topological polar surface area (TPSA) is 96.2 Å². The molecule has 6 atom stereocenters. The third-order valence-corrected chi connectivity index (χ3v) is 6.21. The second-order valence-corrected chi connectivity index (χ2v) is 8.48. The quantitative estimate of drug-likeness (QED) is 0.510. The zero-order valence-electron chi connectivity index (χ0n) is 17.3. The van der Waals surface area contributed by atoms with E-state index >= 15 is 0 Å². The van der Waals surface area contributed by atoms with Crippen molar-refractivity contribution in [3.8, 4) is 5.75 Å². The molecule has 0 amide bonds. The largest absolute Gasteiger partial charge is 0.487 e. The number of hydrogen-bond donors (Lipinski definition) is 3. The second-order valence-electron chi connectivity index (χ2n) is 8.48. The van der Waals surface area contributed by atoms with Crippen molar-refractivity contribution in [2.24, 2.45) is 17.8 Å². The highest BCUT2D eigenvalue weighted by atomic mass is 19.1. The van der Waals surface area contributed by atoms with E-state index in [0.29, 0.717) is 25.4 Å². The number of carbonyl (C=O) groups is 1. The summed E-state index contributed by atoms with van der Waals surface area (Å²) < 4.78 is 38.0. The summed E-state index contributed by atoms with van der Waals surface area (Å²) in [5, 5.41) is 29.4. The third kappa shape index (κ3) is 6.72. The fourth-order valence-corrected chi connectivity index (χ4v) is 4.56. The van der Waals surface area contributed by atoms with Crippen LogP contribution in [0.2, 0.25) is 0 Å². The molecular weight excluding hydrogens is 410 g/mol. The zero-order valence-corrected chi connectivity index (χ0v) is 17.3. The molecule has 3 N–H and O–H groups in total. The Morgan fingerprint density at radius 3 is 2.90 bits per heavy atom. The first-order chi connectivity index (χ1) is 14.8. The van der Waals surface area contributed by atoms with E-state index in [-0.39, 0.29) is 36.7 Å². The number of ether oxygens (including phenoxy) is 2. The Balaban J connectivity index is 1.51. The fourth-order valence-electron chi connectivity index (χ4n) is 4.56. The highest BCUT2D eigenvalue weighted by Gasteiger charge is 2.43. The van der Waals surface area contributed by atoms with E-state index < -0.39 is 29.8 Å². The molecule has 172 valence electrons. The van der Waals surface area contributed by atoms with Crippen molar-refractivity contribution < 1.29 is 38.4 Å². The fraction of sp³-hybridized carbons (Fsp3) is 0.609. The van der Waals surface area contributed by atoms with Crippen molar-refractivity contribution in [2.45, 2.75) is 56.8 Å². The Morgan fingerprint density at radius 2 is 2.13 bits per heavy atom. The van der Waals surface area contributed by atoms with Crippen molar-refractivity contribution in [1.29, 1.82) is 0 Å². The number of aliphatic hydroxyl groups excluding tert-OH is 2. The lowest BCUT2D eigenvalue weighted by Gasteiger charge is -2.21. The van der Waals surface area contributed by atoms with Crippen LogP contribution >= 0.6 is 0 Å². The standard InChI is InChI=1S/C23H30F2O6/c24-15-5-9-19(25)22(10-15)31-13-16(26)6-8-17-18-7-4-14(2-1-3-23(28)29)12-30-21(18)11-20(17)27/h5-6,8-10,14,16-18,20-21,26-27H,1-4,7,11-13H2,(H,28,29)/b8-6+/t14?,16-,17-,18-,20-,21-/m1/s1. The van der Waals surface area contributed by atoms with Gasteiger partial charge in [0.2, 0.25) is 0 Å². The Morgan fingerprint density at radius 1 is 1.32 bits per heavy atom. The molecule has 2 fully saturated rings. The number of rotatable bonds is 9. The molecule has 1 saturated heterocycles. The van der Waals surface area contributed by atoms with Gasteiger partial charge in [0.25, 0.3) is 0 Å². The average Bonchev–Trinajstić information content (AvgIpc) is 2.88. The Labute approximate surface area is 180 Å². The molecule has 1 aromatic carbocycles. The van der Waals surface area contributed by atoms with E-state index in [0.717, 1.165) is 37.5 Å². The molecule has 1 aromatic rings. The van der Waals surface area contributed by atoms with Crippen molar-refractivity contribution in [3.05, 3.63) is 42.0 Å². The molecule has 1 aliphatic heterocycles. The summed E-state index contributed by atoms with van der Waals surface area (Å²) in [5.41, 5.74) is 0. The van der Waals surface area contributed by atoms with Crippen LogP contribution in [-0.4, -0.2) is 52.8 Å². The van der Waals surface area contributed by atoms with E-state index in [1.54, 1.807) is 6.08 Å². The number of fused-ring (bicyclic) bond motifs is 1. The highest BCUT2D eigenvalue weighted by molar-refractivity contribution is 5.66. The van der Waals surface area contributed by atoms with Crippen molar-refractivity contribution in [1.82, 2.24) is 0 Å². The van der Waals surface area contributed by atoms with Crippen LogP contribution in [0, 0.1) is 29.4 Å². The first kappa shape index (κ1) is 23.6. The van der Waals surface area contributed by atoms with Crippen LogP contribution in [-0.2, 0) is 9.53 Å². The minimum absolute atomic E-state index is 0.0658. The van der Waals surface area contributed by atoms with Crippen molar-refractivity contribution in [3.63, 3.8) is 0 Å². The molecule has 1 unspecified atom stereocenters. The van der Waals surface area contributed by atoms with Crippen LogP contribution in [0.5, 0.6) is 5.75 Å². The molecule has 6 nitrogen and oxygen atoms in total. The van der Waals surface area contributed by atoms with Gasteiger partial charge in [0, 0.05) is 31.4 Å². The van der Waals surface area contributed by atoms with Gasteiger partial charge in [-0.2, -0.15) is 0 Å². The number of aliphatic hydroxyl groups is 2. The molecule has 0 aromatic heterocycles. The maximum Gasteiger partial charge on any atom is 0.303 e.